The van der Waals surface area contributed by atoms with Crippen molar-refractivity contribution in [2.45, 2.75) is 6.54 Å². The van der Waals surface area contributed by atoms with Crippen LogP contribution in [0.3, 0.4) is 0 Å². The van der Waals surface area contributed by atoms with Crippen molar-refractivity contribution in [2.24, 2.45) is 0 Å². The van der Waals surface area contributed by atoms with Gasteiger partial charge in [-0.2, -0.15) is 0 Å². The third kappa shape index (κ3) is 4.71. The molecule has 1 aromatic rings. The number of likely N-dealkylation sites (N-methyl/N-ethyl adjacent to an activating group) is 1. The molecule has 0 aliphatic carbocycles. The molecule has 1 N–H and O–H groups in total. The van der Waals surface area contributed by atoms with Gasteiger partial charge in [-0.15, -0.1) is 11.3 Å². The van der Waals surface area contributed by atoms with Crippen LogP contribution in [-0.4, -0.2) is 37.2 Å². The van der Waals surface area contributed by atoms with Gasteiger partial charge >= 0.3 is 0 Å². The highest BCUT2D eigenvalue weighted by Gasteiger charge is 2.06. The number of hydrogen-bond acceptors (Lipinski definition) is 4. The largest absolute Gasteiger partial charge is 0.347 e. The van der Waals surface area contributed by atoms with Crippen LogP contribution in [0.4, 0.5) is 0 Å². The second-order valence-corrected chi connectivity index (χ2v) is 4.20. The first kappa shape index (κ1) is 11.9. The first-order chi connectivity index (χ1) is 7.22. The monoisotopic (exact) mass is 225 g/mol. The predicted octanol–water partition coefficient (Wildman–Crippen LogP) is 0.406. The highest BCUT2D eigenvalue weighted by Crippen LogP contribution is 2.10. The van der Waals surface area contributed by atoms with E-state index in [0.717, 1.165) is 6.54 Å². The second kappa shape index (κ2) is 6.31. The molecule has 81 valence electrons. The van der Waals surface area contributed by atoms with E-state index in [2.05, 4.69) is 5.32 Å². The van der Waals surface area contributed by atoms with Crippen LogP contribution >= 0.6 is 11.3 Å². The molecule has 1 aromatic heterocycles. The average molecular weight is 225 g/mol. The average Bonchev–Trinajstić information content (AvgIpc) is 2.67. The molecule has 0 saturated carbocycles. The van der Waals surface area contributed by atoms with Crippen molar-refractivity contribution < 1.29 is 9.59 Å². The molecule has 1 rings (SSSR count). The van der Waals surface area contributed by atoms with Gasteiger partial charge in [-0.3, -0.25) is 14.5 Å². The smallest absolute Gasteiger partial charge is 0.234 e. The zero-order chi connectivity index (χ0) is 11.1. The number of nitrogens with zero attached hydrogens (tertiary/aromatic N) is 1. The number of carbonyl (C=O) groups excluding carboxylic acids is 2. The van der Waals surface area contributed by atoms with Crippen molar-refractivity contribution >= 4 is 23.5 Å². The maximum Gasteiger partial charge on any atom is 0.234 e. The minimum absolute atomic E-state index is 0.0360. The van der Waals surface area contributed by atoms with E-state index in [1.165, 1.54) is 4.88 Å². The molecule has 0 aromatic carbocycles. The lowest BCUT2D eigenvalue weighted by molar-refractivity contribution is -0.121. The Hall–Kier alpha value is -1.20. The summed E-state index contributed by atoms with van der Waals surface area (Å²) in [5.74, 6) is -0.155. The van der Waals surface area contributed by atoms with E-state index in [9.17, 15) is 9.59 Å². The number of hydrogen-bond donors (Lipinski definition) is 1. The minimum atomic E-state index is -0.155. The Bertz CT molecular complexity index is 311. The van der Waals surface area contributed by atoms with E-state index in [-0.39, 0.29) is 12.5 Å². The predicted molar refractivity (Wildman–Crippen MR) is 59.4 cm³/mol. The molecule has 1 radical (unpaired) electrons. The molecule has 0 fully saturated rings. The third-order valence-corrected chi connectivity index (χ3v) is 2.64. The van der Waals surface area contributed by atoms with Gasteiger partial charge in [0.15, 0.2) is 0 Å². The Morgan fingerprint density at radius 2 is 2.47 bits per heavy atom. The highest BCUT2D eigenvalue weighted by atomic mass is 32.1. The lowest BCUT2D eigenvalue weighted by Gasteiger charge is -2.14. The van der Waals surface area contributed by atoms with Gasteiger partial charge < -0.3 is 5.32 Å². The summed E-state index contributed by atoms with van der Waals surface area (Å²) in [6.07, 6.45) is 1.62. The first-order valence-electron chi connectivity index (χ1n) is 4.55. The van der Waals surface area contributed by atoms with Crippen LogP contribution in [0.15, 0.2) is 17.5 Å². The van der Waals surface area contributed by atoms with E-state index >= 15 is 0 Å². The molecular formula is C10H13N2O2S. The van der Waals surface area contributed by atoms with Crippen LogP contribution in [0.2, 0.25) is 0 Å². The highest BCUT2D eigenvalue weighted by molar-refractivity contribution is 7.09. The molecule has 0 atom stereocenters. The lowest BCUT2D eigenvalue weighted by Crippen LogP contribution is -2.35. The number of rotatable bonds is 6. The molecule has 0 saturated heterocycles. The van der Waals surface area contributed by atoms with Crippen LogP contribution in [0.25, 0.3) is 0 Å². The van der Waals surface area contributed by atoms with Crippen molar-refractivity contribution in [1.82, 2.24) is 10.2 Å². The van der Waals surface area contributed by atoms with E-state index < -0.39 is 0 Å². The van der Waals surface area contributed by atoms with Gasteiger partial charge in [0.25, 0.3) is 0 Å². The van der Waals surface area contributed by atoms with Gasteiger partial charge in [0, 0.05) is 11.4 Å². The molecule has 0 unspecified atom stereocenters. The fourth-order valence-electron chi connectivity index (χ4n) is 1.16. The van der Waals surface area contributed by atoms with Crippen LogP contribution < -0.4 is 5.32 Å². The third-order valence-electron chi connectivity index (χ3n) is 1.78. The zero-order valence-corrected chi connectivity index (χ0v) is 9.34. The maximum absolute atomic E-state index is 11.2. The maximum atomic E-state index is 11.2. The van der Waals surface area contributed by atoms with Crippen molar-refractivity contribution in [1.29, 1.82) is 0 Å². The van der Waals surface area contributed by atoms with Crippen LogP contribution in [-0.2, 0) is 16.1 Å². The minimum Gasteiger partial charge on any atom is -0.347 e. The molecule has 1 amide bonds. The van der Waals surface area contributed by atoms with Crippen molar-refractivity contribution in [3.63, 3.8) is 0 Å². The molecule has 0 bridgehead atoms. The first-order valence-corrected chi connectivity index (χ1v) is 5.43. The molecule has 15 heavy (non-hydrogen) atoms. The SMILES string of the molecule is CN(CC(=O)NC[C]=O)Cc1cccs1. The Kier molecular flexibility index (Phi) is 5.00. The van der Waals surface area contributed by atoms with Crippen molar-refractivity contribution in [2.75, 3.05) is 20.1 Å². The van der Waals surface area contributed by atoms with E-state index in [1.807, 2.05) is 29.5 Å². The molecular weight excluding hydrogens is 212 g/mol. The summed E-state index contributed by atoms with van der Waals surface area (Å²) in [6, 6.07) is 4.01. The van der Waals surface area contributed by atoms with E-state index in [0.29, 0.717) is 6.54 Å². The number of carbonyl (C=O) groups is 1. The Labute approximate surface area is 92.9 Å². The number of amides is 1. The summed E-state index contributed by atoms with van der Waals surface area (Å²) in [6.45, 7) is 1.00. The van der Waals surface area contributed by atoms with Gasteiger partial charge in [-0.25, -0.2) is 0 Å². The molecule has 1 heterocycles. The summed E-state index contributed by atoms with van der Waals surface area (Å²) in [5.41, 5.74) is 0. The fourth-order valence-corrected chi connectivity index (χ4v) is 1.94. The summed E-state index contributed by atoms with van der Waals surface area (Å²) in [5, 5.41) is 4.45. The van der Waals surface area contributed by atoms with Gasteiger partial charge in [0.05, 0.1) is 13.1 Å². The van der Waals surface area contributed by atoms with Crippen molar-refractivity contribution in [3.8, 4) is 0 Å². The molecule has 0 spiro atoms. The Balaban J connectivity index is 2.26. The van der Waals surface area contributed by atoms with Crippen LogP contribution in [0, 0.1) is 0 Å². The summed E-state index contributed by atoms with van der Waals surface area (Å²) in [4.78, 5) is 24.2. The standard InChI is InChI=1S/C10H13N2O2S/c1-12(7-9-3-2-6-15-9)8-10(14)11-4-5-13/h2-3,6H,4,7-8H2,1H3,(H,11,14). The molecule has 5 heteroatoms. The zero-order valence-electron chi connectivity index (χ0n) is 8.53. The molecule has 4 nitrogen and oxygen atoms in total. The van der Waals surface area contributed by atoms with Crippen LogP contribution in [0.1, 0.15) is 4.88 Å². The summed E-state index contributed by atoms with van der Waals surface area (Å²) in [7, 11) is 1.87. The Morgan fingerprint density at radius 3 is 3.07 bits per heavy atom. The fraction of sp³-hybridized carbons (Fsp3) is 0.400. The number of nitrogens with one attached hydrogen (secondary N) is 1. The van der Waals surface area contributed by atoms with E-state index in [4.69, 9.17) is 0 Å². The van der Waals surface area contributed by atoms with Gasteiger partial charge in [0.1, 0.15) is 0 Å². The van der Waals surface area contributed by atoms with E-state index in [1.54, 1.807) is 17.6 Å². The van der Waals surface area contributed by atoms with Gasteiger partial charge in [0.2, 0.25) is 12.2 Å². The molecule has 0 aliphatic rings. The van der Waals surface area contributed by atoms with Crippen molar-refractivity contribution in [3.05, 3.63) is 22.4 Å². The lowest BCUT2D eigenvalue weighted by atomic mass is 10.4. The summed E-state index contributed by atoms with van der Waals surface area (Å²) >= 11 is 1.66. The van der Waals surface area contributed by atoms with Crippen LogP contribution in [0.5, 0.6) is 0 Å². The number of thiophene rings is 1. The topological polar surface area (TPSA) is 49.4 Å². The van der Waals surface area contributed by atoms with Gasteiger partial charge in [-0.05, 0) is 18.5 Å². The quantitative estimate of drug-likeness (QED) is 0.762. The van der Waals surface area contributed by atoms with Gasteiger partial charge in [-0.1, -0.05) is 6.07 Å². The normalized spacial score (nSPS) is 10.3. The molecule has 0 aliphatic heterocycles. The summed E-state index contributed by atoms with van der Waals surface area (Å²) < 4.78 is 0. The Morgan fingerprint density at radius 1 is 1.67 bits per heavy atom. The second-order valence-electron chi connectivity index (χ2n) is 3.17.